The van der Waals surface area contributed by atoms with E-state index in [4.69, 9.17) is 18.9 Å². The molecule has 1 heterocycles. The van der Waals surface area contributed by atoms with Gasteiger partial charge >= 0.3 is 0 Å². The van der Waals surface area contributed by atoms with Crippen LogP contribution in [-0.4, -0.2) is 69.7 Å². The van der Waals surface area contributed by atoms with Crippen LogP contribution in [0.1, 0.15) is 40.2 Å². The maximum absolute atomic E-state index is 13.8. The number of aryl methyl sites for hydroxylation is 1. The number of hydrogen-bond donors (Lipinski definition) is 0. The van der Waals surface area contributed by atoms with Gasteiger partial charge in [0.15, 0.2) is 11.5 Å². The molecule has 0 fully saturated rings. The molecule has 40 heavy (non-hydrogen) atoms. The smallest absolute Gasteiger partial charge is 0.254 e. The molecule has 0 N–H and O–H groups in total. The van der Waals surface area contributed by atoms with Crippen molar-refractivity contribution in [1.29, 1.82) is 0 Å². The number of carbonyl (C=O) groups is 2. The molecular weight excluding hydrogens is 528 g/mol. The van der Waals surface area contributed by atoms with E-state index in [9.17, 15) is 9.59 Å². The van der Waals surface area contributed by atoms with E-state index in [1.54, 1.807) is 62.9 Å². The maximum Gasteiger partial charge on any atom is 0.254 e. The van der Waals surface area contributed by atoms with Crippen LogP contribution in [0.3, 0.4) is 0 Å². The van der Waals surface area contributed by atoms with Crippen LogP contribution in [0.15, 0.2) is 47.8 Å². The topological polar surface area (TPSA) is 77.5 Å². The minimum atomic E-state index is -0.244. The average molecular weight is 569 g/mol. The van der Waals surface area contributed by atoms with Crippen LogP contribution in [0.5, 0.6) is 23.0 Å². The summed E-state index contributed by atoms with van der Waals surface area (Å²) >= 11 is 1.63. The standard InChI is InChI=1S/C31H40N2O6S/c1-21(2)18-33(31(35)24-15-25(36-4)17-26(16-24)37-5)20-30(34)32(19-29-22(3)11-13-40-29)12-10-23-8-9-27(38-6)28(14-23)39-7/h8-9,11,13-17,21H,10,12,18-20H2,1-7H3. The number of rotatable bonds is 14. The summed E-state index contributed by atoms with van der Waals surface area (Å²) in [6.45, 7) is 7.47. The Morgan fingerprint density at radius 2 is 1.52 bits per heavy atom. The minimum Gasteiger partial charge on any atom is -0.497 e. The van der Waals surface area contributed by atoms with Crippen molar-refractivity contribution in [3.05, 3.63) is 69.4 Å². The second-order valence-corrected chi connectivity index (χ2v) is 11.0. The number of ether oxygens (including phenoxy) is 4. The van der Waals surface area contributed by atoms with E-state index in [0.717, 1.165) is 16.0 Å². The number of amides is 2. The van der Waals surface area contributed by atoms with Gasteiger partial charge < -0.3 is 28.7 Å². The van der Waals surface area contributed by atoms with E-state index in [-0.39, 0.29) is 24.3 Å². The molecule has 0 atom stereocenters. The minimum absolute atomic E-state index is 0.0348. The fourth-order valence-corrected chi connectivity index (χ4v) is 5.29. The van der Waals surface area contributed by atoms with E-state index in [1.165, 1.54) is 0 Å². The molecule has 3 rings (SSSR count). The van der Waals surface area contributed by atoms with Crippen molar-refractivity contribution in [3.8, 4) is 23.0 Å². The first-order valence-electron chi connectivity index (χ1n) is 13.2. The van der Waals surface area contributed by atoms with Gasteiger partial charge in [0.25, 0.3) is 5.91 Å². The largest absolute Gasteiger partial charge is 0.497 e. The normalized spacial score (nSPS) is 10.8. The van der Waals surface area contributed by atoms with Crippen molar-refractivity contribution in [2.45, 2.75) is 33.7 Å². The van der Waals surface area contributed by atoms with Gasteiger partial charge in [-0.25, -0.2) is 0 Å². The molecule has 0 saturated carbocycles. The van der Waals surface area contributed by atoms with Crippen molar-refractivity contribution in [2.75, 3.05) is 48.1 Å². The van der Waals surface area contributed by atoms with E-state index in [1.807, 2.05) is 49.3 Å². The highest BCUT2D eigenvalue weighted by Gasteiger charge is 2.25. The van der Waals surface area contributed by atoms with Gasteiger partial charge in [-0.15, -0.1) is 11.3 Å². The maximum atomic E-state index is 13.8. The lowest BCUT2D eigenvalue weighted by atomic mass is 10.1. The Kier molecular flexibility index (Phi) is 11.3. The Labute approximate surface area is 241 Å². The van der Waals surface area contributed by atoms with Gasteiger partial charge in [-0.1, -0.05) is 19.9 Å². The van der Waals surface area contributed by atoms with E-state index in [0.29, 0.717) is 54.6 Å². The number of carbonyl (C=O) groups excluding carboxylic acids is 2. The number of nitrogens with zero attached hydrogens (tertiary/aromatic N) is 2. The number of benzene rings is 2. The van der Waals surface area contributed by atoms with E-state index >= 15 is 0 Å². The molecule has 2 amide bonds. The third-order valence-corrected chi connectivity index (χ3v) is 7.58. The van der Waals surface area contributed by atoms with Crippen LogP contribution >= 0.6 is 11.3 Å². The highest BCUT2D eigenvalue weighted by atomic mass is 32.1. The first-order valence-corrected chi connectivity index (χ1v) is 14.1. The fourth-order valence-electron chi connectivity index (χ4n) is 4.37. The molecule has 8 nitrogen and oxygen atoms in total. The molecule has 0 saturated heterocycles. The number of hydrogen-bond acceptors (Lipinski definition) is 7. The molecule has 216 valence electrons. The molecule has 0 aliphatic heterocycles. The lowest BCUT2D eigenvalue weighted by molar-refractivity contribution is -0.132. The summed E-state index contributed by atoms with van der Waals surface area (Å²) in [6.07, 6.45) is 0.627. The van der Waals surface area contributed by atoms with Gasteiger partial charge in [-0.3, -0.25) is 9.59 Å². The van der Waals surface area contributed by atoms with Crippen LogP contribution in [0.2, 0.25) is 0 Å². The lowest BCUT2D eigenvalue weighted by Gasteiger charge is -2.29. The Bertz CT molecular complexity index is 1270. The summed E-state index contributed by atoms with van der Waals surface area (Å²) in [7, 11) is 6.30. The van der Waals surface area contributed by atoms with E-state index in [2.05, 4.69) is 6.07 Å². The summed E-state index contributed by atoms with van der Waals surface area (Å²) in [5, 5.41) is 2.03. The first-order chi connectivity index (χ1) is 19.2. The molecule has 1 aromatic heterocycles. The first kappa shape index (κ1) is 30.8. The molecule has 0 aliphatic carbocycles. The van der Waals surface area contributed by atoms with Gasteiger partial charge in [0.2, 0.25) is 5.91 Å². The lowest BCUT2D eigenvalue weighted by Crippen LogP contribution is -2.44. The summed E-state index contributed by atoms with van der Waals surface area (Å²) < 4.78 is 21.5. The second-order valence-electron chi connectivity index (χ2n) is 9.96. The van der Waals surface area contributed by atoms with Gasteiger partial charge in [-0.2, -0.15) is 0 Å². The summed E-state index contributed by atoms with van der Waals surface area (Å²) in [5.74, 6) is 2.15. The van der Waals surface area contributed by atoms with E-state index < -0.39 is 0 Å². The summed E-state index contributed by atoms with van der Waals surface area (Å²) in [6, 6.07) is 12.9. The van der Waals surface area contributed by atoms with Crippen LogP contribution < -0.4 is 18.9 Å². The Morgan fingerprint density at radius 1 is 0.850 bits per heavy atom. The zero-order valence-corrected chi connectivity index (χ0v) is 25.3. The van der Waals surface area contributed by atoms with Crippen LogP contribution in [0.25, 0.3) is 0 Å². The zero-order valence-electron chi connectivity index (χ0n) is 24.5. The Hall–Kier alpha value is -3.72. The fraction of sp³-hybridized carbons (Fsp3) is 0.419. The predicted molar refractivity (Wildman–Crippen MR) is 158 cm³/mol. The molecular formula is C31H40N2O6S. The molecule has 2 aromatic carbocycles. The summed E-state index contributed by atoms with van der Waals surface area (Å²) in [4.78, 5) is 32.1. The van der Waals surface area contributed by atoms with Gasteiger partial charge in [0.1, 0.15) is 18.0 Å². The van der Waals surface area contributed by atoms with Crippen molar-refractivity contribution in [3.63, 3.8) is 0 Å². The van der Waals surface area contributed by atoms with Crippen LogP contribution in [-0.2, 0) is 17.8 Å². The Morgan fingerprint density at radius 3 is 2.08 bits per heavy atom. The average Bonchev–Trinajstić information content (AvgIpc) is 3.37. The highest BCUT2D eigenvalue weighted by molar-refractivity contribution is 7.10. The molecule has 0 radical (unpaired) electrons. The zero-order chi connectivity index (χ0) is 29.2. The third-order valence-electron chi connectivity index (χ3n) is 6.57. The molecule has 0 spiro atoms. The molecule has 0 aliphatic rings. The molecule has 9 heteroatoms. The van der Waals surface area contributed by atoms with Crippen LogP contribution in [0, 0.1) is 12.8 Å². The highest BCUT2D eigenvalue weighted by Crippen LogP contribution is 2.28. The van der Waals surface area contributed by atoms with Crippen molar-refractivity contribution >= 4 is 23.2 Å². The molecule has 0 bridgehead atoms. The molecule has 0 unspecified atom stereocenters. The SMILES string of the molecule is COc1cc(OC)cc(C(=O)N(CC(=O)N(CCc2ccc(OC)c(OC)c2)Cc2sccc2C)CC(C)C)c1. The van der Waals surface area contributed by atoms with Gasteiger partial charge in [-0.05, 0) is 66.1 Å². The second kappa shape index (κ2) is 14.6. The summed E-state index contributed by atoms with van der Waals surface area (Å²) in [5.41, 5.74) is 2.58. The molecule has 3 aromatic rings. The Balaban J connectivity index is 1.85. The van der Waals surface area contributed by atoms with Gasteiger partial charge in [0, 0.05) is 29.6 Å². The monoisotopic (exact) mass is 568 g/mol. The predicted octanol–water partition coefficient (Wildman–Crippen LogP) is 5.46. The number of thiophene rings is 1. The third kappa shape index (κ3) is 8.14. The van der Waals surface area contributed by atoms with Crippen LogP contribution in [0.4, 0.5) is 0 Å². The number of methoxy groups -OCH3 is 4. The van der Waals surface area contributed by atoms with Gasteiger partial charge in [0.05, 0.1) is 35.0 Å². The van der Waals surface area contributed by atoms with Crippen molar-refractivity contribution < 1.29 is 28.5 Å². The van der Waals surface area contributed by atoms with Crippen molar-refractivity contribution in [2.24, 2.45) is 5.92 Å². The van der Waals surface area contributed by atoms with Crippen molar-refractivity contribution in [1.82, 2.24) is 9.80 Å². The quantitative estimate of drug-likeness (QED) is 0.257.